The molecule has 0 fully saturated rings. The number of benzene rings is 2. The van der Waals surface area contributed by atoms with Crippen LogP contribution < -0.4 is 9.47 Å². The molecule has 2 heteroatoms. The average molecular weight is 280 g/mol. The largest absolute Gasteiger partial charge is 0.466 e. The molecular weight excluding hydrogens is 260 g/mol. The third-order valence-electron chi connectivity index (χ3n) is 3.59. The van der Waals surface area contributed by atoms with Gasteiger partial charge >= 0.3 is 0 Å². The Hall–Kier alpha value is -2.48. The van der Waals surface area contributed by atoms with Crippen LogP contribution in [0.15, 0.2) is 74.2 Å². The number of rotatable bonds is 6. The summed E-state index contributed by atoms with van der Waals surface area (Å²) in [6, 6.07) is 16.1. The zero-order valence-corrected chi connectivity index (χ0v) is 12.5. The van der Waals surface area contributed by atoms with Gasteiger partial charge in [-0.3, -0.25) is 0 Å². The minimum Gasteiger partial charge on any atom is -0.466 e. The third-order valence-corrected chi connectivity index (χ3v) is 3.59. The van der Waals surface area contributed by atoms with Crippen LogP contribution in [0.2, 0.25) is 0 Å². The summed E-state index contributed by atoms with van der Waals surface area (Å²) >= 11 is 0. The predicted octanol–water partition coefficient (Wildman–Crippen LogP) is 5.06. The van der Waals surface area contributed by atoms with Crippen LogP contribution in [-0.2, 0) is 5.41 Å². The van der Waals surface area contributed by atoms with E-state index in [1.807, 2.05) is 24.3 Å². The average Bonchev–Trinajstić information content (AvgIpc) is 2.49. The minimum absolute atomic E-state index is 0.0978. The molecule has 0 bridgehead atoms. The van der Waals surface area contributed by atoms with Crippen LogP contribution in [0.1, 0.15) is 25.0 Å². The molecule has 2 aromatic carbocycles. The maximum atomic E-state index is 5.26. The highest BCUT2D eigenvalue weighted by molar-refractivity contribution is 5.42. The molecule has 0 saturated carbocycles. The lowest BCUT2D eigenvalue weighted by atomic mass is 9.78. The summed E-state index contributed by atoms with van der Waals surface area (Å²) in [6.45, 7) is 11.5. The highest BCUT2D eigenvalue weighted by Crippen LogP contribution is 2.33. The van der Waals surface area contributed by atoms with Gasteiger partial charge in [0.2, 0.25) is 0 Å². The maximum absolute atomic E-state index is 5.26. The fourth-order valence-electron chi connectivity index (χ4n) is 2.26. The van der Waals surface area contributed by atoms with Crippen LogP contribution in [-0.4, -0.2) is 0 Å². The quantitative estimate of drug-likeness (QED) is 0.689. The van der Waals surface area contributed by atoms with Crippen LogP contribution in [0, 0.1) is 0 Å². The third kappa shape index (κ3) is 3.34. The van der Waals surface area contributed by atoms with Crippen molar-refractivity contribution in [2.45, 2.75) is 19.3 Å². The van der Waals surface area contributed by atoms with Gasteiger partial charge in [-0.15, -0.1) is 0 Å². The lowest BCUT2D eigenvalue weighted by molar-refractivity contribution is 0.482. The maximum Gasteiger partial charge on any atom is 0.126 e. The molecule has 0 atom stereocenters. The first-order chi connectivity index (χ1) is 10.1. The van der Waals surface area contributed by atoms with E-state index in [1.54, 1.807) is 0 Å². The van der Waals surface area contributed by atoms with Gasteiger partial charge in [-0.2, -0.15) is 0 Å². The van der Waals surface area contributed by atoms with Crippen molar-refractivity contribution in [1.82, 2.24) is 0 Å². The van der Waals surface area contributed by atoms with Crippen molar-refractivity contribution in [2.75, 3.05) is 0 Å². The normalized spacial score (nSPS) is 10.8. The van der Waals surface area contributed by atoms with Crippen LogP contribution in [0.25, 0.3) is 0 Å². The van der Waals surface area contributed by atoms with E-state index in [0.717, 1.165) is 11.5 Å². The Bertz CT molecular complexity index is 552. The number of ether oxygens (including phenoxy) is 2. The molecule has 0 aliphatic carbocycles. The molecule has 2 aromatic rings. The van der Waals surface area contributed by atoms with Crippen LogP contribution in [0.5, 0.6) is 11.5 Å². The smallest absolute Gasteiger partial charge is 0.126 e. The second-order valence-corrected chi connectivity index (χ2v) is 5.24. The zero-order chi connectivity index (χ0) is 15.3. The second kappa shape index (κ2) is 6.31. The second-order valence-electron chi connectivity index (χ2n) is 5.24. The molecular formula is C19H20O2. The predicted molar refractivity (Wildman–Crippen MR) is 86.7 cm³/mol. The molecule has 108 valence electrons. The summed E-state index contributed by atoms with van der Waals surface area (Å²) in [5, 5.41) is 0. The highest BCUT2D eigenvalue weighted by Gasteiger charge is 2.23. The molecule has 0 aliphatic heterocycles. The molecule has 0 radical (unpaired) electrons. The molecule has 0 spiro atoms. The first kappa shape index (κ1) is 14.9. The van der Waals surface area contributed by atoms with Crippen LogP contribution in [0.3, 0.4) is 0 Å². The van der Waals surface area contributed by atoms with Gasteiger partial charge in [0.1, 0.15) is 11.5 Å². The van der Waals surface area contributed by atoms with Gasteiger partial charge in [0, 0.05) is 5.41 Å². The molecule has 0 unspecified atom stereocenters. The lowest BCUT2D eigenvalue weighted by Gasteiger charge is -2.26. The first-order valence-electron chi connectivity index (χ1n) is 6.84. The van der Waals surface area contributed by atoms with Crippen molar-refractivity contribution < 1.29 is 9.47 Å². The number of hydrogen-bond donors (Lipinski definition) is 0. The SMILES string of the molecule is C=COc1ccc(C(C)(C)c2ccc(OC=C)cc2)cc1. The molecule has 2 rings (SSSR count). The summed E-state index contributed by atoms with van der Waals surface area (Å²) in [5.74, 6) is 1.58. The molecule has 2 nitrogen and oxygen atoms in total. The molecule has 21 heavy (non-hydrogen) atoms. The van der Waals surface area contributed by atoms with E-state index in [2.05, 4.69) is 51.3 Å². The molecule has 0 amide bonds. The molecule has 0 heterocycles. The molecule has 0 saturated heterocycles. The van der Waals surface area contributed by atoms with Gasteiger partial charge in [0.25, 0.3) is 0 Å². The summed E-state index contributed by atoms with van der Waals surface area (Å²) in [4.78, 5) is 0. The molecule has 0 N–H and O–H groups in total. The van der Waals surface area contributed by atoms with Gasteiger partial charge in [-0.05, 0) is 35.4 Å². The minimum atomic E-state index is -0.0978. The molecule has 0 aliphatic rings. The van der Waals surface area contributed by atoms with E-state index in [4.69, 9.17) is 9.47 Å². The standard InChI is InChI=1S/C19H20O2/c1-5-20-17-11-7-15(8-12-17)19(3,4)16-9-13-18(14-10-16)21-6-2/h5-14H,1-2H2,3-4H3. The summed E-state index contributed by atoms with van der Waals surface area (Å²) in [7, 11) is 0. The lowest BCUT2D eigenvalue weighted by Crippen LogP contribution is -2.18. The van der Waals surface area contributed by atoms with E-state index in [9.17, 15) is 0 Å². The van der Waals surface area contributed by atoms with E-state index in [1.165, 1.54) is 23.7 Å². The van der Waals surface area contributed by atoms with Crippen molar-refractivity contribution in [3.05, 3.63) is 85.3 Å². The Labute approximate surface area is 126 Å². The Balaban J connectivity index is 2.27. The van der Waals surface area contributed by atoms with Gasteiger partial charge < -0.3 is 9.47 Å². The van der Waals surface area contributed by atoms with E-state index >= 15 is 0 Å². The van der Waals surface area contributed by atoms with E-state index < -0.39 is 0 Å². The van der Waals surface area contributed by atoms with Crippen molar-refractivity contribution in [3.8, 4) is 11.5 Å². The Morgan fingerprint density at radius 3 is 1.33 bits per heavy atom. The summed E-state index contributed by atoms with van der Waals surface area (Å²) in [6.07, 6.45) is 2.86. The summed E-state index contributed by atoms with van der Waals surface area (Å²) < 4.78 is 10.5. The fraction of sp³-hybridized carbons (Fsp3) is 0.158. The first-order valence-corrected chi connectivity index (χ1v) is 6.84. The van der Waals surface area contributed by atoms with Crippen LogP contribution >= 0.6 is 0 Å². The number of hydrogen-bond acceptors (Lipinski definition) is 2. The Morgan fingerprint density at radius 1 is 0.714 bits per heavy atom. The monoisotopic (exact) mass is 280 g/mol. The Kier molecular flexibility index (Phi) is 4.49. The van der Waals surface area contributed by atoms with Gasteiger partial charge in [0.15, 0.2) is 0 Å². The fourth-order valence-corrected chi connectivity index (χ4v) is 2.26. The van der Waals surface area contributed by atoms with Gasteiger partial charge in [-0.1, -0.05) is 51.3 Å². The van der Waals surface area contributed by atoms with E-state index in [-0.39, 0.29) is 5.41 Å². The van der Waals surface area contributed by atoms with Crippen molar-refractivity contribution in [1.29, 1.82) is 0 Å². The topological polar surface area (TPSA) is 18.5 Å². The molecule has 0 aromatic heterocycles. The zero-order valence-electron chi connectivity index (χ0n) is 12.5. The Morgan fingerprint density at radius 2 is 1.05 bits per heavy atom. The van der Waals surface area contributed by atoms with Crippen molar-refractivity contribution >= 4 is 0 Å². The van der Waals surface area contributed by atoms with E-state index in [0.29, 0.717) is 0 Å². The van der Waals surface area contributed by atoms with Crippen LogP contribution in [0.4, 0.5) is 0 Å². The summed E-state index contributed by atoms with van der Waals surface area (Å²) in [5.41, 5.74) is 2.34. The van der Waals surface area contributed by atoms with Gasteiger partial charge in [0.05, 0.1) is 12.5 Å². The van der Waals surface area contributed by atoms with Crippen molar-refractivity contribution in [2.24, 2.45) is 0 Å². The highest BCUT2D eigenvalue weighted by atomic mass is 16.5. The van der Waals surface area contributed by atoms with Crippen molar-refractivity contribution in [3.63, 3.8) is 0 Å². The van der Waals surface area contributed by atoms with Gasteiger partial charge in [-0.25, -0.2) is 0 Å².